The van der Waals surface area contributed by atoms with Crippen LogP contribution in [0.2, 0.25) is 0 Å². The van der Waals surface area contributed by atoms with E-state index in [4.69, 9.17) is 0 Å². The Morgan fingerprint density at radius 1 is 1.38 bits per heavy atom. The van der Waals surface area contributed by atoms with E-state index in [2.05, 4.69) is 49.1 Å². The second-order valence-electron chi connectivity index (χ2n) is 6.52. The highest BCUT2D eigenvalue weighted by Gasteiger charge is 2.18. The summed E-state index contributed by atoms with van der Waals surface area (Å²) in [5, 5.41) is 3.42. The molecule has 2 heterocycles. The number of rotatable bonds is 7. The fourth-order valence-electron chi connectivity index (χ4n) is 3.12. The first-order valence-electron chi connectivity index (χ1n) is 8.24. The first kappa shape index (κ1) is 16.9. The van der Waals surface area contributed by atoms with Gasteiger partial charge in [0.15, 0.2) is 0 Å². The molecule has 0 amide bonds. The Hall–Kier alpha value is -0.420. The Balaban J connectivity index is 1.81. The Morgan fingerprint density at radius 2 is 2.10 bits per heavy atom. The third-order valence-corrected chi connectivity index (χ3v) is 5.56. The van der Waals surface area contributed by atoms with E-state index < -0.39 is 0 Å². The van der Waals surface area contributed by atoms with Crippen LogP contribution in [-0.4, -0.2) is 50.1 Å². The van der Waals surface area contributed by atoms with Crippen molar-refractivity contribution in [2.45, 2.75) is 39.8 Å². The van der Waals surface area contributed by atoms with Gasteiger partial charge in [0.25, 0.3) is 0 Å². The molecule has 1 N–H and O–H groups in total. The van der Waals surface area contributed by atoms with Crippen LogP contribution >= 0.6 is 11.3 Å². The van der Waals surface area contributed by atoms with E-state index in [0.717, 1.165) is 25.6 Å². The van der Waals surface area contributed by atoms with Crippen molar-refractivity contribution in [3.63, 3.8) is 0 Å². The molecular formula is C17H31N3S. The molecule has 120 valence electrons. The SMILES string of the molecule is CCNCc1cc(CN(C)CC2CCN(C)CC2)c(C)s1. The van der Waals surface area contributed by atoms with E-state index in [1.54, 1.807) is 0 Å². The number of likely N-dealkylation sites (tertiary alicyclic amines) is 1. The van der Waals surface area contributed by atoms with Crippen molar-refractivity contribution in [1.29, 1.82) is 0 Å². The third-order valence-electron chi connectivity index (χ3n) is 4.47. The highest BCUT2D eigenvalue weighted by atomic mass is 32.1. The molecule has 0 radical (unpaired) electrons. The Morgan fingerprint density at radius 3 is 2.76 bits per heavy atom. The van der Waals surface area contributed by atoms with Crippen molar-refractivity contribution in [3.05, 3.63) is 21.4 Å². The second kappa shape index (κ2) is 8.28. The Bertz CT molecular complexity index is 422. The molecule has 1 fully saturated rings. The van der Waals surface area contributed by atoms with Crippen LogP contribution in [0.5, 0.6) is 0 Å². The molecule has 2 rings (SSSR count). The normalized spacial score (nSPS) is 17.8. The van der Waals surface area contributed by atoms with Crippen molar-refractivity contribution in [1.82, 2.24) is 15.1 Å². The predicted molar refractivity (Wildman–Crippen MR) is 93.0 cm³/mol. The molecular weight excluding hydrogens is 278 g/mol. The molecule has 0 unspecified atom stereocenters. The number of aryl methyl sites for hydroxylation is 1. The van der Waals surface area contributed by atoms with Crippen LogP contribution in [0.25, 0.3) is 0 Å². The van der Waals surface area contributed by atoms with Gasteiger partial charge in [0, 0.05) is 29.4 Å². The maximum Gasteiger partial charge on any atom is 0.0299 e. The molecule has 1 aromatic rings. The largest absolute Gasteiger partial charge is 0.312 e. The molecule has 1 aromatic heterocycles. The van der Waals surface area contributed by atoms with Gasteiger partial charge in [-0.3, -0.25) is 0 Å². The summed E-state index contributed by atoms with van der Waals surface area (Å²) in [5.74, 6) is 0.881. The van der Waals surface area contributed by atoms with Crippen LogP contribution in [0, 0.1) is 12.8 Å². The number of hydrogen-bond donors (Lipinski definition) is 1. The topological polar surface area (TPSA) is 18.5 Å². The molecule has 1 aliphatic heterocycles. The van der Waals surface area contributed by atoms with Gasteiger partial charge in [-0.25, -0.2) is 0 Å². The number of nitrogens with zero attached hydrogens (tertiary/aromatic N) is 2. The average molecular weight is 310 g/mol. The third kappa shape index (κ3) is 5.37. The molecule has 0 bridgehead atoms. The average Bonchev–Trinajstić information content (AvgIpc) is 2.79. The van der Waals surface area contributed by atoms with Gasteiger partial charge in [-0.1, -0.05) is 6.92 Å². The van der Waals surface area contributed by atoms with Crippen molar-refractivity contribution < 1.29 is 0 Å². The molecule has 4 heteroatoms. The lowest BCUT2D eigenvalue weighted by Crippen LogP contribution is -2.35. The van der Waals surface area contributed by atoms with Gasteiger partial charge >= 0.3 is 0 Å². The van der Waals surface area contributed by atoms with Gasteiger partial charge in [-0.05, 0) is 71.0 Å². The lowest BCUT2D eigenvalue weighted by Gasteiger charge is -2.31. The fraction of sp³-hybridized carbons (Fsp3) is 0.765. The van der Waals surface area contributed by atoms with Gasteiger partial charge in [0.2, 0.25) is 0 Å². The van der Waals surface area contributed by atoms with Gasteiger partial charge in [0.1, 0.15) is 0 Å². The maximum atomic E-state index is 3.42. The highest BCUT2D eigenvalue weighted by molar-refractivity contribution is 7.12. The summed E-state index contributed by atoms with van der Waals surface area (Å²) < 4.78 is 0. The molecule has 1 aliphatic rings. The first-order chi connectivity index (χ1) is 10.1. The molecule has 21 heavy (non-hydrogen) atoms. The highest BCUT2D eigenvalue weighted by Crippen LogP contribution is 2.24. The zero-order valence-corrected chi connectivity index (χ0v) is 14.9. The summed E-state index contributed by atoms with van der Waals surface area (Å²) in [6.45, 7) is 11.4. The van der Waals surface area contributed by atoms with E-state index in [9.17, 15) is 0 Å². The lowest BCUT2D eigenvalue weighted by molar-refractivity contribution is 0.173. The van der Waals surface area contributed by atoms with E-state index >= 15 is 0 Å². The van der Waals surface area contributed by atoms with Gasteiger partial charge < -0.3 is 15.1 Å². The van der Waals surface area contributed by atoms with Crippen molar-refractivity contribution in [3.8, 4) is 0 Å². The van der Waals surface area contributed by atoms with Crippen molar-refractivity contribution >= 4 is 11.3 Å². The summed E-state index contributed by atoms with van der Waals surface area (Å²) in [6.07, 6.45) is 2.71. The van der Waals surface area contributed by atoms with Crippen LogP contribution < -0.4 is 5.32 Å². The molecule has 0 atom stereocenters. The molecule has 0 aliphatic carbocycles. The van der Waals surface area contributed by atoms with E-state index in [1.807, 2.05) is 11.3 Å². The molecule has 1 saturated heterocycles. The summed E-state index contributed by atoms with van der Waals surface area (Å²) in [6, 6.07) is 2.40. The Kier molecular flexibility index (Phi) is 6.68. The number of piperidine rings is 1. The summed E-state index contributed by atoms with van der Waals surface area (Å²) >= 11 is 1.95. The van der Waals surface area contributed by atoms with Crippen LogP contribution in [0.1, 0.15) is 35.1 Å². The quantitative estimate of drug-likeness (QED) is 0.835. The monoisotopic (exact) mass is 309 g/mol. The minimum atomic E-state index is 0.881. The molecule has 0 spiro atoms. The van der Waals surface area contributed by atoms with E-state index in [1.165, 1.54) is 47.8 Å². The summed E-state index contributed by atoms with van der Waals surface area (Å²) in [7, 11) is 4.51. The summed E-state index contributed by atoms with van der Waals surface area (Å²) in [4.78, 5) is 7.92. The maximum absolute atomic E-state index is 3.42. The smallest absolute Gasteiger partial charge is 0.0299 e. The zero-order chi connectivity index (χ0) is 15.2. The van der Waals surface area contributed by atoms with Gasteiger partial charge in [-0.15, -0.1) is 11.3 Å². The minimum Gasteiger partial charge on any atom is -0.312 e. The Labute approximate surface area is 134 Å². The van der Waals surface area contributed by atoms with Crippen molar-refractivity contribution in [2.24, 2.45) is 5.92 Å². The molecule has 3 nitrogen and oxygen atoms in total. The standard InChI is InChI=1S/C17H31N3S/c1-5-18-11-17-10-16(14(2)21-17)13-20(4)12-15-6-8-19(3)9-7-15/h10,15,18H,5-9,11-13H2,1-4H3. The lowest BCUT2D eigenvalue weighted by atomic mass is 9.96. The first-order valence-corrected chi connectivity index (χ1v) is 9.06. The van der Waals surface area contributed by atoms with E-state index in [-0.39, 0.29) is 0 Å². The predicted octanol–water partition coefficient (Wildman–Crippen LogP) is 2.94. The van der Waals surface area contributed by atoms with Crippen LogP contribution in [0.3, 0.4) is 0 Å². The van der Waals surface area contributed by atoms with Crippen LogP contribution in [0.4, 0.5) is 0 Å². The van der Waals surface area contributed by atoms with Gasteiger partial charge in [-0.2, -0.15) is 0 Å². The second-order valence-corrected chi connectivity index (χ2v) is 7.86. The minimum absolute atomic E-state index is 0.881. The number of nitrogens with one attached hydrogen (secondary N) is 1. The molecule has 0 saturated carbocycles. The van der Waals surface area contributed by atoms with Crippen LogP contribution in [0.15, 0.2) is 6.07 Å². The van der Waals surface area contributed by atoms with Crippen molar-refractivity contribution in [2.75, 3.05) is 40.3 Å². The van der Waals surface area contributed by atoms with E-state index in [0.29, 0.717) is 0 Å². The van der Waals surface area contributed by atoms with Crippen LogP contribution in [-0.2, 0) is 13.1 Å². The zero-order valence-electron chi connectivity index (χ0n) is 14.1. The van der Waals surface area contributed by atoms with Gasteiger partial charge in [0.05, 0.1) is 0 Å². The molecule has 0 aromatic carbocycles. The number of thiophene rings is 1. The summed E-state index contributed by atoms with van der Waals surface area (Å²) in [5.41, 5.74) is 1.52. The fourth-order valence-corrected chi connectivity index (χ4v) is 4.14. The number of hydrogen-bond acceptors (Lipinski definition) is 4.